The lowest BCUT2D eigenvalue weighted by Gasteiger charge is -2.18. The van der Waals surface area contributed by atoms with Crippen LogP contribution in [-0.2, 0) is 11.3 Å². The first-order chi connectivity index (χ1) is 6.50. The molecule has 2 N–H and O–H groups in total. The van der Waals surface area contributed by atoms with Crippen molar-refractivity contribution < 1.29 is 4.79 Å². The van der Waals surface area contributed by atoms with Gasteiger partial charge in [-0.1, -0.05) is 0 Å². The maximum absolute atomic E-state index is 11.5. The van der Waals surface area contributed by atoms with Gasteiger partial charge in [0.15, 0.2) is 0 Å². The molecule has 0 aromatic carbocycles. The fourth-order valence-electron chi connectivity index (χ4n) is 1.23. The van der Waals surface area contributed by atoms with Gasteiger partial charge in [-0.3, -0.25) is 4.79 Å². The van der Waals surface area contributed by atoms with Gasteiger partial charge in [0, 0.05) is 16.8 Å². The predicted octanol–water partition coefficient (Wildman–Crippen LogP) is 1.78. The summed E-state index contributed by atoms with van der Waals surface area (Å²) in [6.07, 6.45) is 0. The van der Waals surface area contributed by atoms with Crippen LogP contribution in [0.1, 0.15) is 16.7 Å². The fraction of sp³-hybridized carbons (Fsp3) is 0.500. The highest BCUT2D eigenvalue weighted by atomic mass is 35.5. The summed E-state index contributed by atoms with van der Waals surface area (Å²) in [5, 5.41) is 0. The van der Waals surface area contributed by atoms with Crippen LogP contribution in [0.25, 0.3) is 0 Å². The zero-order valence-corrected chi connectivity index (χ0v) is 10.8. The maximum Gasteiger partial charge on any atom is 0.239 e. The van der Waals surface area contributed by atoms with Crippen molar-refractivity contribution in [3.8, 4) is 0 Å². The molecule has 0 aliphatic carbocycles. The van der Waals surface area contributed by atoms with E-state index in [0.29, 0.717) is 6.54 Å². The number of hydrogen-bond donors (Lipinski definition) is 1. The van der Waals surface area contributed by atoms with Crippen LogP contribution in [0.2, 0.25) is 0 Å². The summed E-state index contributed by atoms with van der Waals surface area (Å²) in [6, 6.07) is 3.69. The van der Waals surface area contributed by atoms with Crippen LogP contribution >= 0.6 is 23.7 Å². The number of hydrogen-bond acceptors (Lipinski definition) is 3. The van der Waals surface area contributed by atoms with Gasteiger partial charge >= 0.3 is 0 Å². The molecule has 1 rings (SSSR count). The SMILES string of the molecule is Cc1ccc(CN(C)C(=O)[C@@H](C)N)s1.Cl. The van der Waals surface area contributed by atoms with Crippen molar-refractivity contribution in [1.82, 2.24) is 4.90 Å². The summed E-state index contributed by atoms with van der Waals surface area (Å²) in [6.45, 7) is 4.42. The predicted molar refractivity (Wildman–Crippen MR) is 66.4 cm³/mol. The topological polar surface area (TPSA) is 46.3 Å². The number of halogens is 1. The van der Waals surface area contributed by atoms with Gasteiger partial charge in [-0.15, -0.1) is 23.7 Å². The number of nitrogens with two attached hydrogens (primary N) is 1. The Hall–Kier alpha value is -0.580. The molecule has 0 bridgehead atoms. The van der Waals surface area contributed by atoms with E-state index in [1.54, 1.807) is 30.2 Å². The van der Waals surface area contributed by atoms with Crippen LogP contribution < -0.4 is 5.73 Å². The van der Waals surface area contributed by atoms with E-state index in [4.69, 9.17) is 5.73 Å². The molecule has 0 spiro atoms. The van der Waals surface area contributed by atoms with Crippen molar-refractivity contribution in [1.29, 1.82) is 0 Å². The van der Waals surface area contributed by atoms with Gasteiger partial charge in [-0.05, 0) is 26.0 Å². The highest BCUT2D eigenvalue weighted by molar-refractivity contribution is 7.11. The fourth-order valence-corrected chi connectivity index (χ4v) is 2.17. The van der Waals surface area contributed by atoms with Crippen molar-refractivity contribution >= 4 is 29.7 Å². The molecule has 0 radical (unpaired) electrons. The van der Waals surface area contributed by atoms with E-state index >= 15 is 0 Å². The van der Waals surface area contributed by atoms with Crippen LogP contribution in [0.4, 0.5) is 0 Å². The summed E-state index contributed by atoms with van der Waals surface area (Å²) in [5.41, 5.74) is 5.51. The Kier molecular flexibility index (Phi) is 5.87. The summed E-state index contributed by atoms with van der Waals surface area (Å²) >= 11 is 1.71. The van der Waals surface area contributed by atoms with E-state index in [0.717, 1.165) is 0 Å². The molecule has 15 heavy (non-hydrogen) atoms. The number of likely N-dealkylation sites (N-methyl/N-ethyl adjacent to an activating group) is 1. The average molecular weight is 249 g/mol. The van der Waals surface area contributed by atoms with Gasteiger partial charge in [0.1, 0.15) is 0 Å². The van der Waals surface area contributed by atoms with E-state index in [1.807, 2.05) is 6.07 Å². The highest BCUT2D eigenvalue weighted by Gasteiger charge is 2.13. The molecule has 86 valence electrons. The third-order valence-corrected chi connectivity index (χ3v) is 2.94. The van der Waals surface area contributed by atoms with E-state index in [1.165, 1.54) is 9.75 Å². The molecule has 3 nitrogen and oxygen atoms in total. The summed E-state index contributed by atoms with van der Waals surface area (Å²) in [5.74, 6) is -0.0175. The second kappa shape index (κ2) is 6.10. The minimum atomic E-state index is -0.416. The molecular weight excluding hydrogens is 232 g/mol. The first-order valence-electron chi connectivity index (χ1n) is 4.56. The number of thiophene rings is 1. The van der Waals surface area contributed by atoms with E-state index < -0.39 is 6.04 Å². The molecule has 1 amide bonds. The van der Waals surface area contributed by atoms with Crippen LogP contribution in [0.15, 0.2) is 12.1 Å². The van der Waals surface area contributed by atoms with Gasteiger partial charge in [-0.25, -0.2) is 0 Å². The van der Waals surface area contributed by atoms with E-state index in [-0.39, 0.29) is 18.3 Å². The zero-order valence-electron chi connectivity index (χ0n) is 9.19. The van der Waals surface area contributed by atoms with Gasteiger partial charge in [0.05, 0.1) is 12.6 Å². The minimum absolute atomic E-state index is 0. The lowest BCUT2D eigenvalue weighted by Crippen LogP contribution is -2.39. The van der Waals surface area contributed by atoms with E-state index in [9.17, 15) is 4.79 Å². The molecule has 0 unspecified atom stereocenters. The molecule has 0 saturated carbocycles. The van der Waals surface area contributed by atoms with Gasteiger partial charge < -0.3 is 10.6 Å². The monoisotopic (exact) mass is 248 g/mol. The molecule has 0 fully saturated rings. The first-order valence-corrected chi connectivity index (χ1v) is 5.38. The number of aryl methyl sites for hydroxylation is 1. The van der Waals surface area contributed by atoms with Crippen molar-refractivity contribution in [3.05, 3.63) is 21.9 Å². The normalized spacial score (nSPS) is 11.7. The maximum atomic E-state index is 11.5. The molecule has 5 heteroatoms. The third kappa shape index (κ3) is 4.20. The van der Waals surface area contributed by atoms with Crippen molar-refractivity contribution in [2.24, 2.45) is 5.73 Å². The lowest BCUT2D eigenvalue weighted by molar-refractivity contribution is -0.131. The third-order valence-electron chi connectivity index (χ3n) is 1.95. The molecule has 1 atom stereocenters. The van der Waals surface area contributed by atoms with Crippen molar-refractivity contribution in [2.75, 3.05) is 7.05 Å². The Balaban J connectivity index is 0.00000196. The molecule has 1 aromatic heterocycles. The zero-order chi connectivity index (χ0) is 10.7. The summed E-state index contributed by atoms with van der Waals surface area (Å²) < 4.78 is 0. The van der Waals surface area contributed by atoms with E-state index in [2.05, 4.69) is 13.0 Å². The standard InChI is InChI=1S/C10H16N2OS.ClH/c1-7-4-5-9(14-7)6-12(3)10(13)8(2)11;/h4-5,8H,6,11H2,1-3H3;1H/t8-;/m1./s1. The molecule has 0 saturated heterocycles. The summed E-state index contributed by atoms with van der Waals surface area (Å²) in [7, 11) is 1.78. The number of rotatable bonds is 3. The van der Waals surface area contributed by atoms with Crippen LogP contribution in [-0.4, -0.2) is 23.9 Å². The molecule has 1 heterocycles. The summed E-state index contributed by atoms with van der Waals surface area (Å²) in [4.78, 5) is 15.6. The van der Waals surface area contributed by atoms with Gasteiger partial charge in [0.25, 0.3) is 0 Å². The molecule has 1 aromatic rings. The second-order valence-electron chi connectivity index (χ2n) is 3.50. The number of carbonyl (C=O) groups excluding carboxylic acids is 1. The Bertz CT molecular complexity index is 325. The first kappa shape index (κ1) is 14.4. The molecule has 0 aliphatic heterocycles. The van der Waals surface area contributed by atoms with Crippen molar-refractivity contribution in [2.45, 2.75) is 26.4 Å². The van der Waals surface area contributed by atoms with Crippen LogP contribution in [0.5, 0.6) is 0 Å². The number of nitrogens with zero attached hydrogens (tertiary/aromatic N) is 1. The minimum Gasteiger partial charge on any atom is -0.339 e. The Morgan fingerprint density at radius 2 is 2.20 bits per heavy atom. The average Bonchev–Trinajstić information content (AvgIpc) is 2.49. The van der Waals surface area contributed by atoms with Gasteiger partial charge in [0.2, 0.25) is 5.91 Å². The lowest BCUT2D eigenvalue weighted by atomic mass is 10.3. The quantitative estimate of drug-likeness (QED) is 0.887. The Morgan fingerprint density at radius 1 is 1.60 bits per heavy atom. The Labute approximate surface area is 101 Å². The van der Waals surface area contributed by atoms with Crippen LogP contribution in [0, 0.1) is 6.92 Å². The highest BCUT2D eigenvalue weighted by Crippen LogP contribution is 2.16. The largest absolute Gasteiger partial charge is 0.339 e. The number of carbonyl (C=O) groups is 1. The molecular formula is C10H17ClN2OS. The Morgan fingerprint density at radius 3 is 2.60 bits per heavy atom. The number of amides is 1. The van der Waals surface area contributed by atoms with Crippen LogP contribution in [0.3, 0.4) is 0 Å². The molecule has 0 aliphatic rings. The van der Waals surface area contributed by atoms with Gasteiger partial charge in [-0.2, -0.15) is 0 Å². The second-order valence-corrected chi connectivity index (χ2v) is 4.87. The van der Waals surface area contributed by atoms with Crippen molar-refractivity contribution in [3.63, 3.8) is 0 Å². The smallest absolute Gasteiger partial charge is 0.239 e.